The number of amides is 7. The second-order valence-electron chi connectivity index (χ2n) is 13.4. The molecule has 0 saturated carbocycles. The number of ether oxygens (including phenoxy) is 1. The number of halogens is 1. The lowest BCUT2D eigenvalue weighted by Crippen LogP contribution is -2.54. The number of likely N-dealkylation sites (tertiary alicyclic amines) is 1. The fourth-order valence-corrected chi connectivity index (χ4v) is 5.79. The van der Waals surface area contributed by atoms with Crippen LogP contribution in [0.1, 0.15) is 56.9 Å². The van der Waals surface area contributed by atoms with E-state index >= 15 is 0 Å². The summed E-state index contributed by atoms with van der Waals surface area (Å²) in [7, 11) is 1.47. The zero-order chi connectivity index (χ0) is 42.9. The van der Waals surface area contributed by atoms with Crippen molar-refractivity contribution >= 4 is 47.3 Å². The van der Waals surface area contributed by atoms with Crippen LogP contribution in [0.5, 0.6) is 0 Å². The molecule has 0 bridgehead atoms. The number of hydrogen-bond acceptors (Lipinski definition) is 13. The molecule has 10 N–H and O–H groups in total. The minimum absolute atomic E-state index is 0.0191. The second-order valence-corrected chi connectivity index (χ2v) is 13.4. The van der Waals surface area contributed by atoms with Crippen LogP contribution in [-0.4, -0.2) is 153 Å². The number of carbonyl (C=O) groups is 8. The number of aliphatic carboxylic acids is 1. The zero-order valence-corrected chi connectivity index (χ0v) is 32.9. The number of alkyl halides is 1. The van der Waals surface area contributed by atoms with Crippen LogP contribution in [0.25, 0.3) is 0 Å². The molecule has 4 atom stereocenters. The van der Waals surface area contributed by atoms with Gasteiger partial charge in [0.1, 0.15) is 30.8 Å². The third kappa shape index (κ3) is 18.4. The van der Waals surface area contributed by atoms with Crippen LogP contribution >= 0.6 is 0 Å². The number of carbonyl (C=O) groups excluding carboxylic acids is 7. The molecular formula is C37H58FN9O11. The number of nitrogens with zero attached hydrogens (tertiary/aromatic N) is 2. The quantitative estimate of drug-likeness (QED) is 0.0229. The second kappa shape index (κ2) is 27.5. The highest BCUT2D eigenvalue weighted by Gasteiger charge is 2.41. The lowest BCUT2D eigenvalue weighted by Gasteiger charge is -2.22. The Bertz CT molecular complexity index is 1510. The summed E-state index contributed by atoms with van der Waals surface area (Å²) in [5.74, 6) is -5.90. The van der Waals surface area contributed by atoms with E-state index in [2.05, 4.69) is 26.6 Å². The van der Waals surface area contributed by atoms with E-state index in [-0.39, 0.29) is 58.5 Å². The molecule has 1 aromatic carbocycles. The molecule has 0 aliphatic carbocycles. The predicted molar refractivity (Wildman–Crippen MR) is 206 cm³/mol. The molecule has 1 aliphatic heterocycles. The summed E-state index contributed by atoms with van der Waals surface area (Å²) >= 11 is 0. The van der Waals surface area contributed by atoms with Gasteiger partial charge in [-0.05, 0) is 57.2 Å². The SMILES string of the molecule is CN(OCCOCC[18F])C1CC(=O)N(CCC(=O)N[C@@H](CCCCN)C(=O)NCC(=O)N[C@@H](Cc2ccccc2)C(=O)NCC(=O)N[C@@H](CCCCN)C(=O)O)C1=O. The number of nitrogens with two attached hydrogens (primary N) is 2. The Morgan fingerprint density at radius 3 is 1.98 bits per heavy atom. The van der Waals surface area contributed by atoms with E-state index in [1.165, 1.54) is 12.1 Å². The van der Waals surface area contributed by atoms with Crippen LogP contribution in [-0.2, 0) is 54.4 Å². The summed E-state index contributed by atoms with van der Waals surface area (Å²) in [6.45, 7) is -1.33. The van der Waals surface area contributed by atoms with Crippen LogP contribution in [0, 0.1) is 0 Å². The summed E-state index contributed by atoms with van der Waals surface area (Å²) in [5, 5.41) is 23.0. The van der Waals surface area contributed by atoms with Crippen LogP contribution in [0.4, 0.5) is 4.39 Å². The van der Waals surface area contributed by atoms with Crippen molar-refractivity contribution in [2.75, 3.05) is 66.3 Å². The molecule has 0 radical (unpaired) electrons. The molecule has 58 heavy (non-hydrogen) atoms. The first-order chi connectivity index (χ1) is 27.8. The Morgan fingerprint density at radius 1 is 0.828 bits per heavy atom. The largest absolute Gasteiger partial charge is 0.480 e. The van der Waals surface area contributed by atoms with Gasteiger partial charge in [0.15, 0.2) is 0 Å². The Balaban J connectivity index is 1.97. The molecule has 0 spiro atoms. The third-order valence-corrected chi connectivity index (χ3v) is 8.93. The molecule has 1 aromatic rings. The van der Waals surface area contributed by atoms with Crippen molar-refractivity contribution in [2.45, 2.75) is 82.0 Å². The van der Waals surface area contributed by atoms with Crippen molar-refractivity contribution in [3.63, 3.8) is 0 Å². The Labute approximate surface area is 336 Å². The number of nitrogens with one attached hydrogen (secondary N) is 5. The van der Waals surface area contributed by atoms with E-state index in [1.807, 2.05) is 0 Å². The predicted octanol–water partition coefficient (Wildman–Crippen LogP) is -2.37. The van der Waals surface area contributed by atoms with Gasteiger partial charge in [-0.2, -0.15) is 5.06 Å². The average molecular weight is 823 g/mol. The van der Waals surface area contributed by atoms with E-state index in [0.29, 0.717) is 44.3 Å². The van der Waals surface area contributed by atoms with E-state index in [9.17, 15) is 47.9 Å². The smallest absolute Gasteiger partial charge is 0.326 e. The maximum atomic E-state index is 13.2. The van der Waals surface area contributed by atoms with Gasteiger partial charge < -0.3 is 47.9 Å². The molecule has 324 valence electrons. The van der Waals surface area contributed by atoms with Crippen LogP contribution in [0.15, 0.2) is 30.3 Å². The molecule has 2 rings (SSSR count). The van der Waals surface area contributed by atoms with Crippen LogP contribution in [0.3, 0.4) is 0 Å². The molecule has 1 fully saturated rings. The zero-order valence-electron chi connectivity index (χ0n) is 32.9. The number of carboxylic acid groups (broad SMARTS) is 1. The van der Waals surface area contributed by atoms with Gasteiger partial charge in [0.05, 0.1) is 39.3 Å². The first-order valence-corrected chi connectivity index (χ1v) is 19.2. The third-order valence-electron chi connectivity index (χ3n) is 8.93. The highest BCUT2D eigenvalue weighted by molar-refractivity contribution is 6.05. The Morgan fingerprint density at radius 2 is 1.40 bits per heavy atom. The topological polar surface area (TPSA) is 294 Å². The molecular weight excluding hydrogens is 764 g/mol. The molecule has 0 aromatic heterocycles. The van der Waals surface area contributed by atoms with Gasteiger partial charge in [-0.1, -0.05) is 30.3 Å². The fourth-order valence-electron chi connectivity index (χ4n) is 5.79. The Hall–Kier alpha value is -5.09. The summed E-state index contributed by atoms with van der Waals surface area (Å²) < 4.78 is 17.2. The van der Waals surface area contributed by atoms with Crippen molar-refractivity contribution in [2.24, 2.45) is 11.5 Å². The van der Waals surface area contributed by atoms with Crippen LogP contribution < -0.4 is 38.1 Å². The maximum absolute atomic E-state index is 13.2. The fraction of sp³-hybridized carbons (Fsp3) is 0.622. The van der Waals surface area contributed by atoms with Gasteiger partial charge in [-0.3, -0.25) is 43.3 Å². The van der Waals surface area contributed by atoms with E-state index in [1.54, 1.807) is 30.3 Å². The van der Waals surface area contributed by atoms with Gasteiger partial charge in [0.25, 0.3) is 0 Å². The summed E-state index contributed by atoms with van der Waals surface area (Å²) in [4.78, 5) is 108. The van der Waals surface area contributed by atoms with Gasteiger partial charge >= 0.3 is 5.97 Å². The lowest BCUT2D eigenvalue weighted by atomic mass is 10.1. The van der Waals surface area contributed by atoms with Crippen molar-refractivity contribution < 1.29 is 57.4 Å². The lowest BCUT2D eigenvalue weighted by molar-refractivity contribution is -0.182. The van der Waals surface area contributed by atoms with Crippen molar-refractivity contribution in [3.8, 4) is 0 Å². The van der Waals surface area contributed by atoms with Gasteiger partial charge in [-0.15, -0.1) is 0 Å². The van der Waals surface area contributed by atoms with E-state index < -0.39 is 91.3 Å². The molecule has 1 heterocycles. The number of carboxylic acids is 1. The van der Waals surface area contributed by atoms with Crippen molar-refractivity contribution in [1.29, 1.82) is 0 Å². The molecule has 1 saturated heterocycles. The number of unbranched alkanes of at least 4 members (excludes halogenated alkanes) is 2. The van der Waals surface area contributed by atoms with Gasteiger partial charge in [0.2, 0.25) is 41.4 Å². The van der Waals surface area contributed by atoms with Gasteiger partial charge in [-0.25, -0.2) is 9.18 Å². The molecule has 7 amide bonds. The molecule has 21 heteroatoms. The normalized spacial score (nSPS) is 15.4. The number of imide groups is 1. The number of rotatable bonds is 30. The summed E-state index contributed by atoms with van der Waals surface area (Å²) in [6, 6.07) is 4.30. The number of likely N-dealkylation sites (N-methyl/N-ethyl adjacent to an activating group) is 1. The number of hydrogen-bond donors (Lipinski definition) is 8. The van der Waals surface area contributed by atoms with E-state index in [4.69, 9.17) is 21.0 Å². The average Bonchev–Trinajstić information content (AvgIpc) is 3.49. The first-order valence-electron chi connectivity index (χ1n) is 19.2. The monoisotopic (exact) mass is 822 g/mol. The number of benzene rings is 1. The molecule has 1 aliphatic rings. The first kappa shape index (κ1) is 49.1. The van der Waals surface area contributed by atoms with Crippen molar-refractivity contribution in [3.05, 3.63) is 35.9 Å². The summed E-state index contributed by atoms with van der Waals surface area (Å²) in [6.07, 6.45) is 1.88. The highest BCUT2D eigenvalue weighted by Crippen LogP contribution is 2.18. The van der Waals surface area contributed by atoms with Crippen molar-refractivity contribution in [1.82, 2.24) is 36.5 Å². The standard InChI is InChI=1S/C37H58FN9O11/c1-46(58-20-19-57-18-14-38)29-22-33(51)47(36(29)54)17-13-30(48)43-26(11-5-7-15-39)34(52)41-24-32(50)45-28(21-25-9-3-2-4-10-25)35(53)42-23-31(49)44-27(37(55)56)12-6-8-16-40/h2-4,9-10,26-29H,5-8,11-24,39-40H2,1H3,(H,41,52)(H,42,53)(H,43,48)(H,44,49)(H,45,50)(H,55,56)/t26-,27-,28-,29?/m0/s1/i38-1. The van der Waals surface area contributed by atoms with Gasteiger partial charge in [0, 0.05) is 26.4 Å². The Kier molecular flexibility index (Phi) is 23.3. The van der Waals surface area contributed by atoms with E-state index in [0.717, 1.165) is 4.90 Å². The molecule has 1 unspecified atom stereocenters. The summed E-state index contributed by atoms with van der Waals surface area (Å²) in [5.41, 5.74) is 11.7. The minimum Gasteiger partial charge on any atom is -0.480 e. The van der Waals surface area contributed by atoms with Crippen LogP contribution in [0.2, 0.25) is 0 Å². The minimum atomic E-state index is -1.23. The molecule has 20 nitrogen and oxygen atoms in total. The highest BCUT2D eigenvalue weighted by atomic mass is 18.2. The number of hydroxylamine groups is 2. The maximum Gasteiger partial charge on any atom is 0.326 e.